The standard InChI is InChI=1S/C23H20ClFN2O7S/c1-3-33-21(29)12-34-18-8-13(4-7-17(18)32-2)9-19-22(30)27(23(31)35-19)11-20(28)26-14-5-6-16(25)15(24)10-14/h4-10H,3,11-12H2,1-2H3,(H,26,28)/b19-9-. The van der Waals surface area contributed by atoms with Gasteiger partial charge >= 0.3 is 5.97 Å². The zero-order valence-electron chi connectivity index (χ0n) is 18.6. The summed E-state index contributed by atoms with van der Waals surface area (Å²) in [5, 5.41) is 1.66. The van der Waals surface area contributed by atoms with Crippen LogP contribution >= 0.6 is 23.4 Å². The molecule has 1 aliphatic rings. The summed E-state index contributed by atoms with van der Waals surface area (Å²) in [6.45, 7) is 1.02. The van der Waals surface area contributed by atoms with Gasteiger partial charge in [0, 0.05) is 5.69 Å². The smallest absolute Gasteiger partial charge is 0.344 e. The van der Waals surface area contributed by atoms with E-state index in [0.717, 1.165) is 11.0 Å². The summed E-state index contributed by atoms with van der Waals surface area (Å²) >= 11 is 6.37. The van der Waals surface area contributed by atoms with Gasteiger partial charge in [-0.15, -0.1) is 0 Å². The van der Waals surface area contributed by atoms with Gasteiger partial charge in [0.15, 0.2) is 18.1 Å². The van der Waals surface area contributed by atoms with E-state index in [1.165, 1.54) is 31.4 Å². The summed E-state index contributed by atoms with van der Waals surface area (Å²) in [5.41, 5.74) is 0.720. The molecule has 35 heavy (non-hydrogen) atoms. The van der Waals surface area contributed by atoms with Crippen LogP contribution in [0, 0.1) is 5.82 Å². The molecular formula is C23H20ClFN2O7S. The molecule has 9 nitrogen and oxygen atoms in total. The van der Waals surface area contributed by atoms with E-state index in [4.69, 9.17) is 25.8 Å². The summed E-state index contributed by atoms with van der Waals surface area (Å²) < 4.78 is 28.8. The Kier molecular flexibility index (Phi) is 8.72. The zero-order chi connectivity index (χ0) is 25.5. The second kappa shape index (κ2) is 11.7. The predicted octanol–water partition coefficient (Wildman–Crippen LogP) is 4.10. The molecule has 0 bridgehead atoms. The Morgan fingerprint density at radius 3 is 2.63 bits per heavy atom. The van der Waals surface area contributed by atoms with E-state index in [9.17, 15) is 23.6 Å². The summed E-state index contributed by atoms with van der Waals surface area (Å²) in [4.78, 5) is 49.9. The number of amides is 3. The summed E-state index contributed by atoms with van der Waals surface area (Å²) in [5.74, 6) is -1.91. The molecular weight excluding hydrogens is 503 g/mol. The lowest BCUT2D eigenvalue weighted by Gasteiger charge is -2.13. The predicted molar refractivity (Wildman–Crippen MR) is 128 cm³/mol. The maximum Gasteiger partial charge on any atom is 0.344 e. The fourth-order valence-electron chi connectivity index (χ4n) is 2.94. The van der Waals surface area contributed by atoms with Crippen molar-refractivity contribution in [1.29, 1.82) is 0 Å². The van der Waals surface area contributed by atoms with Crippen molar-refractivity contribution in [2.75, 3.05) is 32.2 Å². The molecule has 2 aromatic carbocycles. The van der Waals surface area contributed by atoms with E-state index in [2.05, 4.69) is 5.32 Å². The third kappa shape index (κ3) is 6.74. The molecule has 3 amide bonds. The largest absolute Gasteiger partial charge is 0.493 e. The average Bonchev–Trinajstić information content (AvgIpc) is 3.07. The monoisotopic (exact) mass is 522 g/mol. The van der Waals surface area contributed by atoms with Gasteiger partial charge in [-0.3, -0.25) is 19.3 Å². The van der Waals surface area contributed by atoms with Crippen LogP contribution < -0.4 is 14.8 Å². The Hall–Kier alpha value is -3.57. The number of carbonyl (C=O) groups excluding carboxylic acids is 4. The lowest BCUT2D eigenvalue weighted by molar-refractivity contribution is -0.145. The first-order chi connectivity index (χ1) is 16.7. The van der Waals surface area contributed by atoms with Crippen molar-refractivity contribution in [2.24, 2.45) is 0 Å². The number of methoxy groups -OCH3 is 1. The number of anilines is 1. The molecule has 0 unspecified atom stereocenters. The van der Waals surface area contributed by atoms with Gasteiger partial charge in [0.25, 0.3) is 11.1 Å². The van der Waals surface area contributed by atoms with Crippen molar-refractivity contribution in [2.45, 2.75) is 6.92 Å². The first-order valence-corrected chi connectivity index (χ1v) is 11.4. The number of benzene rings is 2. The average molecular weight is 523 g/mol. The molecule has 2 aromatic rings. The van der Waals surface area contributed by atoms with Crippen molar-refractivity contribution in [3.8, 4) is 11.5 Å². The highest BCUT2D eigenvalue weighted by molar-refractivity contribution is 8.18. The van der Waals surface area contributed by atoms with Gasteiger partial charge < -0.3 is 19.5 Å². The quantitative estimate of drug-likeness (QED) is 0.387. The molecule has 0 spiro atoms. The van der Waals surface area contributed by atoms with Crippen LogP contribution in [0.15, 0.2) is 41.3 Å². The van der Waals surface area contributed by atoms with Crippen LogP contribution in [0.4, 0.5) is 14.9 Å². The second-order valence-electron chi connectivity index (χ2n) is 6.95. The van der Waals surface area contributed by atoms with E-state index in [1.54, 1.807) is 19.1 Å². The highest BCUT2D eigenvalue weighted by Gasteiger charge is 2.36. The van der Waals surface area contributed by atoms with Crippen LogP contribution in [-0.2, 0) is 19.1 Å². The van der Waals surface area contributed by atoms with Crippen LogP contribution in [-0.4, -0.2) is 54.8 Å². The van der Waals surface area contributed by atoms with E-state index in [0.29, 0.717) is 23.1 Å². The number of hydrogen-bond acceptors (Lipinski definition) is 8. The first-order valence-electron chi connectivity index (χ1n) is 10.2. The number of nitrogens with one attached hydrogen (secondary N) is 1. The maximum absolute atomic E-state index is 13.3. The number of ether oxygens (including phenoxy) is 3. The molecule has 1 aliphatic heterocycles. The summed E-state index contributed by atoms with van der Waals surface area (Å²) in [6, 6.07) is 8.36. The normalized spacial score (nSPS) is 14.3. The molecule has 0 radical (unpaired) electrons. The minimum Gasteiger partial charge on any atom is -0.493 e. The van der Waals surface area contributed by atoms with Crippen LogP contribution in [0.2, 0.25) is 5.02 Å². The minimum absolute atomic E-state index is 0.0918. The van der Waals surface area contributed by atoms with Crippen molar-refractivity contribution < 1.29 is 37.8 Å². The molecule has 1 saturated heterocycles. The van der Waals surface area contributed by atoms with Crippen molar-refractivity contribution >= 4 is 58.1 Å². The van der Waals surface area contributed by atoms with Gasteiger partial charge in [0.2, 0.25) is 5.91 Å². The molecule has 3 rings (SSSR count). The molecule has 0 aliphatic carbocycles. The van der Waals surface area contributed by atoms with Crippen molar-refractivity contribution in [3.05, 3.63) is 57.7 Å². The molecule has 12 heteroatoms. The molecule has 1 fully saturated rings. The van der Waals surface area contributed by atoms with Crippen LogP contribution in [0.1, 0.15) is 12.5 Å². The fourth-order valence-corrected chi connectivity index (χ4v) is 3.96. The van der Waals surface area contributed by atoms with Gasteiger partial charge in [-0.2, -0.15) is 0 Å². The maximum atomic E-state index is 13.3. The summed E-state index contributed by atoms with van der Waals surface area (Å²) in [6.07, 6.45) is 1.46. The van der Waals surface area contributed by atoms with E-state index < -0.39 is 35.4 Å². The fraction of sp³-hybridized carbons (Fsp3) is 0.217. The van der Waals surface area contributed by atoms with Gasteiger partial charge in [-0.05, 0) is 60.7 Å². The van der Waals surface area contributed by atoms with Gasteiger partial charge in [-0.25, -0.2) is 9.18 Å². The van der Waals surface area contributed by atoms with Crippen LogP contribution in [0.25, 0.3) is 6.08 Å². The first kappa shape index (κ1) is 26.0. The molecule has 0 saturated carbocycles. The Morgan fingerprint density at radius 1 is 1.17 bits per heavy atom. The molecule has 1 N–H and O–H groups in total. The molecule has 0 atom stereocenters. The van der Waals surface area contributed by atoms with Crippen LogP contribution in [0.3, 0.4) is 0 Å². The topological polar surface area (TPSA) is 111 Å². The van der Waals surface area contributed by atoms with Crippen molar-refractivity contribution in [1.82, 2.24) is 4.90 Å². The minimum atomic E-state index is -0.657. The van der Waals surface area contributed by atoms with E-state index in [1.807, 2.05) is 0 Å². The number of thioether (sulfide) groups is 1. The van der Waals surface area contributed by atoms with Crippen LogP contribution in [0.5, 0.6) is 11.5 Å². The second-order valence-corrected chi connectivity index (χ2v) is 8.35. The Labute approximate surface area is 209 Å². The Morgan fingerprint density at radius 2 is 1.94 bits per heavy atom. The lowest BCUT2D eigenvalue weighted by atomic mass is 10.2. The van der Waals surface area contributed by atoms with Gasteiger partial charge in [-0.1, -0.05) is 17.7 Å². The van der Waals surface area contributed by atoms with Crippen molar-refractivity contribution in [3.63, 3.8) is 0 Å². The Balaban J connectivity index is 1.70. The number of imide groups is 1. The third-order valence-electron chi connectivity index (χ3n) is 4.51. The highest BCUT2D eigenvalue weighted by atomic mass is 35.5. The number of carbonyl (C=O) groups is 4. The lowest BCUT2D eigenvalue weighted by Crippen LogP contribution is -2.36. The molecule has 1 heterocycles. The number of nitrogens with zero attached hydrogens (tertiary/aromatic N) is 1. The number of hydrogen-bond donors (Lipinski definition) is 1. The number of halogens is 2. The summed E-state index contributed by atoms with van der Waals surface area (Å²) in [7, 11) is 1.43. The molecule has 0 aromatic heterocycles. The molecule has 184 valence electrons. The number of esters is 1. The third-order valence-corrected chi connectivity index (χ3v) is 5.71. The SMILES string of the molecule is CCOC(=O)COc1cc(/C=C2\SC(=O)N(CC(=O)Nc3ccc(F)c(Cl)c3)C2=O)ccc1OC. The zero-order valence-corrected chi connectivity index (χ0v) is 20.2. The van der Waals surface area contributed by atoms with E-state index in [-0.39, 0.29) is 34.6 Å². The van der Waals surface area contributed by atoms with E-state index >= 15 is 0 Å². The van der Waals surface area contributed by atoms with Gasteiger partial charge in [0.1, 0.15) is 12.4 Å². The highest BCUT2D eigenvalue weighted by Crippen LogP contribution is 2.34. The van der Waals surface area contributed by atoms with Gasteiger partial charge in [0.05, 0.1) is 23.6 Å². The Bertz CT molecular complexity index is 1200. The number of rotatable bonds is 9.